The van der Waals surface area contributed by atoms with Gasteiger partial charge in [0, 0.05) is 28.7 Å². The maximum Gasteiger partial charge on any atom is 0.411 e. The lowest BCUT2D eigenvalue weighted by Crippen LogP contribution is -2.33. The summed E-state index contributed by atoms with van der Waals surface area (Å²) in [5, 5.41) is 3.83. The van der Waals surface area contributed by atoms with E-state index in [0.29, 0.717) is 31.7 Å². The van der Waals surface area contributed by atoms with Gasteiger partial charge in [0.25, 0.3) is 0 Å². The van der Waals surface area contributed by atoms with Gasteiger partial charge < -0.3 is 29.2 Å². The number of aromatic nitrogens is 1. The number of nitrogens with zero attached hydrogens (tertiary/aromatic N) is 1. The number of fused-ring (bicyclic) bond motifs is 1. The first kappa shape index (κ1) is 24.5. The van der Waals surface area contributed by atoms with Crippen LogP contribution >= 0.6 is 0 Å². The summed E-state index contributed by atoms with van der Waals surface area (Å²) in [6.45, 7) is 7.27. The Hall–Kier alpha value is -3.23. The third-order valence-corrected chi connectivity index (χ3v) is 7.17. The molecule has 2 fully saturated rings. The molecule has 36 heavy (non-hydrogen) atoms. The van der Waals surface area contributed by atoms with Gasteiger partial charge in [-0.2, -0.15) is 0 Å². The van der Waals surface area contributed by atoms with E-state index in [1.807, 2.05) is 57.2 Å². The standard InChI is InChI=1S/C28H35N3O5/c1-17(2)18(3)35-28(32)30-20-9-7-19(8-10-20)27-26(29)24-12-11-22(36-23-14-33-16-34-15-23)13-25(24)31(27)21-5-4-6-21/h7-13,17-18,21,23H,4-6,14-16,29H2,1-3H3,(H,30,32)/t18-/m0/s1. The van der Waals surface area contributed by atoms with E-state index in [-0.39, 0.29) is 18.1 Å². The quantitative estimate of drug-likeness (QED) is 0.422. The van der Waals surface area contributed by atoms with Crippen molar-refractivity contribution >= 4 is 28.4 Å². The van der Waals surface area contributed by atoms with Crippen LogP contribution in [-0.2, 0) is 14.2 Å². The maximum atomic E-state index is 12.2. The molecular formula is C28H35N3O5. The molecule has 5 rings (SSSR count). The van der Waals surface area contributed by atoms with Crippen LogP contribution in [0.4, 0.5) is 16.2 Å². The first-order valence-electron chi connectivity index (χ1n) is 12.7. The molecule has 192 valence electrons. The molecule has 1 saturated heterocycles. The topological polar surface area (TPSA) is 97.0 Å². The van der Waals surface area contributed by atoms with Gasteiger partial charge in [-0.15, -0.1) is 0 Å². The largest absolute Gasteiger partial charge is 0.486 e. The van der Waals surface area contributed by atoms with Gasteiger partial charge in [-0.1, -0.05) is 26.0 Å². The fourth-order valence-electron chi connectivity index (χ4n) is 4.60. The fourth-order valence-corrected chi connectivity index (χ4v) is 4.60. The highest BCUT2D eigenvalue weighted by Gasteiger charge is 2.27. The van der Waals surface area contributed by atoms with Crippen LogP contribution in [0.15, 0.2) is 42.5 Å². The highest BCUT2D eigenvalue weighted by Crippen LogP contribution is 2.45. The highest BCUT2D eigenvalue weighted by molar-refractivity contribution is 6.01. The van der Waals surface area contributed by atoms with Gasteiger partial charge in [0.1, 0.15) is 24.8 Å². The Balaban J connectivity index is 1.43. The van der Waals surface area contributed by atoms with Crippen molar-refractivity contribution < 1.29 is 23.7 Å². The van der Waals surface area contributed by atoms with Gasteiger partial charge in [-0.3, -0.25) is 5.32 Å². The lowest BCUT2D eigenvalue weighted by Gasteiger charge is -2.30. The average molecular weight is 494 g/mol. The molecule has 3 N–H and O–H groups in total. The van der Waals surface area contributed by atoms with Crippen LogP contribution in [0.5, 0.6) is 5.75 Å². The number of carbonyl (C=O) groups is 1. The number of nitrogens with one attached hydrogen (secondary N) is 1. The summed E-state index contributed by atoms with van der Waals surface area (Å²) < 4.78 is 24.7. The van der Waals surface area contributed by atoms with E-state index in [1.165, 1.54) is 6.42 Å². The number of benzene rings is 2. The van der Waals surface area contributed by atoms with Gasteiger partial charge in [0.05, 0.1) is 30.1 Å². The SMILES string of the molecule is CC(C)[C@H](C)OC(=O)Nc1ccc(-c2c(N)c3ccc(OC4COCOC4)cc3n2C2CCC2)cc1. The smallest absolute Gasteiger partial charge is 0.411 e. The second kappa shape index (κ2) is 10.4. The van der Waals surface area contributed by atoms with E-state index < -0.39 is 6.09 Å². The van der Waals surface area contributed by atoms with E-state index in [2.05, 4.69) is 16.0 Å². The van der Waals surface area contributed by atoms with Crippen molar-refractivity contribution in [1.82, 2.24) is 4.57 Å². The minimum absolute atomic E-state index is 0.129. The van der Waals surface area contributed by atoms with Crippen LogP contribution in [0.1, 0.15) is 46.1 Å². The molecule has 2 heterocycles. The van der Waals surface area contributed by atoms with Crippen molar-refractivity contribution in [3.8, 4) is 17.0 Å². The molecule has 2 aromatic carbocycles. The number of rotatable bonds is 7. The predicted molar refractivity (Wildman–Crippen MR) is 140 cm³/mol. The molecule has 0 unspecified atom stereocenters. The molecule has 8 heteroatoms. The maximum absolute atomic E-state index is 12.2. The van der Waals surface area contributed by atoms with Crippen LogP contribution in [0.2, 0.25) is 0 Å². The van der Waals surface area contributed by atoms with Crippen molar-refractivity contribution in [2.45, 2.75) is 58.3 Å². The molecular weight excluding hydrogens is 458 g/mol. The molecule has 1 aliphatic heterocycles. The molecule has 1 saturated carbocycles. The van der Waals surface area contributed by atoms with Gasteiger partial charge in [0.15, 0.2) is 0 Å². The number of hydrogen-bond donors (Lipinski definition) is 2. The molecule has 0 spiro atoms. The van der Waals surface area contributed by atoms with Crippen molar-refractivity contribution in [2.75, 3.05) is 31.1 Å². The minimum atomic E-state index is -0.451. The van der Waals surface area contributed by atoms with Crippen molar-refractivity contribution in [3.63, 3.8) is 0 Å². The Kier molecular flexibility index (Phi) is 7.07. The summed E-state index contributed by atoms with van der Waals surface area (Å²) in [5.74, 6) is 1.03. The molecule has 1 atom stereocenters. The number of amides is 1. The van der Waals surface area contributed by atoms with Gasteiger partial charge >= 0.3 is 6.09 Å². The molecule has 2 aliphatic rings. The van der Waals surface area contributed by atoms with Crippen LogP contribution in [-0.4, -0.2) is 42.9 Å². The molecule has 8 nitrogen and oxygen atoms in total. The Labute approximate surface area is 211 Å². The van der Waals surface area contributed by atoms with E-state index in [4.69, 9.17) is 24.7 Å². The number of nitrogens with two attached hydrogens (primary N) is 1. The van der Waals surface area contributed by atoms with E-state index in [9.17, 15) is 4.79 Å². The molecule has 1 aromatic heterocycles. The summed E-state index contributed by atoms with van der Waals surface area (Å²) in [4.78, 5) is 12.2. The zero-order valence-electron chi connectivity index (χ0n) is 21.2. The summed E-state index contributed by atoms with van der Waals surface area (Å²) in [5.41, 5.74) is 11.2. The minimum Gasteiger partial charge on any atom is -0.486 e. The summed E-state index contributed by atoms with van der Waals surface area (Å²) in [6.07, 6.45) is 2.70. The van der Waals surface area contributed by atoms with Gasteiger partial charge in [0.2, 0.25) is 0 Å². The second-order valence-electron chi connectivity index (χ2n) is 10.1. The van der Waals surface area contributed by atoms with E-state index >= 15 is 0 Å². The zero-order valence-corrected chi connectivity index (χ0v) is 21.2. The number of nitrogen functional groups attached to an aromatic ring is 1. The Morgan fingerprint density at radius 2 is 1.81 bits per heavy atom. The van der Waals surface area contributed by atoms with Crippen LogP contribution in [0.25, 0.3) is 22.2 Å². The summed E-state index contributed by atoms with van der Waals surface area (Å²) in [7, 11) is 0. The first-order chi connectivity index (χ1) is 17.4. The number of hydrogen-bond acceptors (Lipinski definition) is 6. The summed E-state index contributed by atoms with van der Waals surface area (Å²) in [6, 6.07) is 14.2. The fraction of sp³-hybridized carbons (Fsp3) is 0.464. The molecule has 1 aliphatic carbocycles. The van der Waals surface area contributed by atoms with Crippen LogP contribution in [0, 0.1) is 5.92 Å². The third-order valence-electron chi connectivity index (χ3n) is 7.17. The first-order valence-corrected chi connectivity index (χ1v) is 12.7. The lowest BCUT2D eigenvalue weighted by molar-refractivity contribution is -0.143. The Bertz CT molecular complexity index is 1210. The molecule has 1 amide bonds. The Morgan fingerprint density at radius 3 is 2.44 bits per heavy atom. The highest BCUT2D eigenvalue weighted by atomic mass is 16.7. The van der Waals surface area contributed by atoms with E-state index in [0.717, 1.165) is 46.4 Å². The van der Waals surface area contributed by atoms with Crippen LogP contribution < -0.4 is 15.8 Å². The molecule has 3 aromatic rings. The predicted octanol–water partition coefficient (Wildman–Crippen LogP) is 5.96. The van der Waals surface area contributed by atoms with Gasteiger partial charge in [-0.25, -0.2) is 4.79 Å². The molecule has 0 bridgehead atoms. The van der Waals surface area contributed by atoms with Crippen molar-refractivity contribution in [3.05, 3.63) is 42.5 Å². The lowest BCUT2D eigenvalue weighted by atomic mass is 9.92. The Morgan fingerprint density at radius 1 is 1.08 bits per heavy atom. The van der Waals surface area contributed by atoms with Gasteiger partial charge in [-0.05, 0) is 56.4 Å². The third kappa shape index (κ3) is 5.01. The van der Waals surface area contributed by atoms with Crippen LogP contribution in [0.3, 0.4) is 0 Å². The molecule has 0 radical (unpaired) electrons. The average Bonchev–Trinajstić information content (AvgIpc) is 3.10. The number of anilines is 2. The number of carbonyl (C=O) groups excluding carboxylic acids is 1. The zero-order chi connectivity index (χ0) is 25.2. The van der Waals surface area contributed by atoms with Crippen molar-refractivity contribution in [2.24, 2.45) is 5.92 Å². The second-order valence-corrected chi connectivity index (χ2v) is 10.1. The van der Waals surface area contributed by atoms with Crippen molar-refractivity contribution in [1.29, 1.82) is 0 Å². The number of ether oxygens (including phenoxy) is 4. The monoisotopic (exact) mass is 493 g/mol. The van der Waals surface area contributed by atoms with E-state index in [1.54, 1.807) is 0 Å². The normalized spacial score (nSPS) is 17.7. The summed E-state index contributed by atoms with van der Waals surface area (Å²) >= 11 is 0.